The number of rotatable bonds is 7. The Balaban J connectivity index is 2.28. The van der Waals surface area contributed by atoms with Crippen LogP contribution in [0.5, 0.6) is 0 Å². The molecule has 0 radical (unpaired) electrons. The molecule has 150 valence electrons. The van der Waals surface area contributed by atoms with Crippen molar-refractivity contribution in [2.24, 2.45) is 10.8 Å². The first kappa shape index (κ1) is 21.4. The van der Waals surface area contributed by atoms with Gasteiger partial charge >= 0.3 is 5.97 Å². The van der Waals surface area contributed by atoms with Crippen LogP contribution in [0.25, 0.3) is 0 Å². The second kappa shape index (κ2) is 7.59. The molecule has 0 aliphatic heterocycles. The summed E-state index contributed by atoms with van der Waals surface area (Å²) in [6, 6.07) is 0. The highest BCUT2D eigenvalue weighted by Crippen LogP contribution is 2.65. The molecule has 1 aliphatic carbocycles. The van der Waals surface area contributed by atoms with Crippen LogP contribution in [-0.4, -0.2) is 24.8 Å². The van der Waals surface area contributed by atoms with E-state index < -0.39 is 64.4 Å². The highest BCUT2D eigenvalue weighted by atomic mass is 19.2. The molecule has 0 saturated heterocycles. The fraction of sp³-hybridized carbons (Fsp3) is 0.526. The number of hydrogen-bond acceptors (Lipinski definition) is 4. The molecule has 1 saturated carbocycles. The first-order valence-corrected chi connectivity index (χ1v) is 8.31. The Morgan fingerprint density at radius 2 is 1.52 bits per heavy atom. The van der Waals surface area contributed by atoms with Gasteiger partial charge in [0.25, 0.3) is 0 Å². The van der Waals surface area contributed by atoms with Gasteiger partial charge in [-0.05, 0) is 18.8 Å². The molecule has 0 amide bonds. The van der Waals surface area contributed by atoms with Gasteiger partial charge in [0.05, 0.1) is 29.8 Å². The van der Waals surface area contributed by atoms with Crippen LogP contribution < -0.4 is 0 Å². The number of carbonyl (C=O) groups excluding carboxylic acids is 1. The van der Waals surface area contributed by atoms with Crippen LogP contribution in [0.15, 0.2) is 11.6 Å². The summed E-state index contributed by atoms with van der Waals surface area (Å²) < 4.78 is 65.7. The van der Waals surface area contributed by atoms with E-state index in [0.717, 1.165) is 7.11 Å². The summed E-state index contributed by atoms with van der Waals surface area (Å²) in [5.41, 5.74) is -2.87. The van der Waals surface area contributed by atoms with Gasteiger partial charge in [-0.25, -0.2) is 17.6 Å². The van der Waals surface area contributed by atoms with Crippen LogP contribution in [0, 0.1) is 34.1 Å². The monoisotopic (exact) mass is 390 g/mol. The van der Waals surface area contributed by atoms with E-state index in [1.54, 1.807) is 26.8 Å². The van der Waals surface area contributed by atoms with Gasteiger partial charge in [-0.3, -0.25) is 4.79 Å². The lowest BCUT2D eigenvalue weighted by molar-refractivity contribution is -0.151. The highest BCUT2D eigenvalue weighted by molar-refractivity contribution is 5.84. The lowest BCUT2D eigenvalue weighted by Crippen LogP contribution is -2.23. The van der Waals surface area contributed by atoms with Gasteiger partial charge in [0.1, 0.15) is 6.61 Å². The Morgan fingerprint density at radius 3 is 1.89 bits per heavy atom. The van der Waals surface area contributed by atoms with E-state index in [-0.39, 0.29) is 6.61 Å². The van der Waals surface area contributed by atoms with Crippen molar-refractivity contribution in [3.63, 3.8) is 0 Å². The summed E-state index contributed by atoms with van der Waals surface area (Å²) in [6.07, 6.45) is 1.97. The van der Waals surface area contributed by atoms with E-state index in [9.17, 15) is 27.5 Å². The quantitative estimate of drug-likeness (QED) is 0.333. The van der Waals surface area contributed by atoms with Crippen molar-refractivity contribution >= 4 is 5.97 Å². The summed E-state index contributed by atoms with van der Waals surface area (Å²) in [6.45, 7) is 3.37. The minimum Gasteiger partial charge on any atom is -0.460 e. The molecule has 1 aromatic carbocycles. The number of carbonyl (C=O) groups is 1. The lowest BCUT2D eigenvalue weighted by atomic mass is 9.93. The maximum Gasteiger partial charge on any atom is 0.316 e. The van der Waals surface area contributed by atoms with Crippen molar-refractivity contribution in [3.8, 4) is 0 Å². The van der Waals surface area contributed by atoms with E-state index in [0.29, 0.717) is 12.0 Å². The summed E-state index contributed by atoms with van der Waals surface area (Å²) in [5.74, 6) is -7.20. The lowest BCUT2D eigenvalue weighted by Gasteiger charge is -2.18. The molecule has 0 aromatic heterocycles. The molecule has 1 fully saturated rings. The average Bonchev–Trinajstić information content (AvgIpc) is 3.18. The van der Waals surface area contributed by atoms with Gasteiger partial charge in [-0.2, -0.15) is 0 Å². The number of aliphatic hydroxyl groups excluding tert-OH is 1. The number of ether oxygens (including phenoxy) is 2. The van der Waals surface area contributed by atoms with Crippen molar-refractivity contribution < 1.29 is 36.9 Å². The van der Waals surface area contributed by atoms with Crippen molar-refractivity contribution in [1.82, 2.24) is 0 Å². The molecular formula is C19H22F4O4. The third-order valence-electron chi connectivity index (χ3n) is 4.99. The fourth-order valence-electron chi connectivity index (χ4n) is 3.16. The third-order valence-corrected chi connectivity index (χ3v) is 4.99. The second-order valence-corrected chi connectivity index (χ2v) is 7.40. The summed E-state index contributed by atoms with van der Waals surface area (Å²) >= 11 is 0. The van der Waals surface area contributed by atoms with Gasteiger partial charge in [-0.1, -0.05) is 25.5 Å². The zero-order valence-corrected chi connectivity index (χ0v) is 15.6. The zero-order chi connectivity index (χ0) is 20.6. The van der Waals surface area contributed by atoms with Crippen molar-refractivity contribution in [2.45, 2.75) is 40.4 Å². The van der Waals surface area contributed by atoms with Crippen LogP contribution >= 0.6 is 0 Å². The smallest absolute Gasteiger partial charge is 0.316 e. The van der Waals surface area contributed by atoms with Gasteiger partial charge in [0, 0.05) is 7.11 Å². The fourth-order valence-corrected chi connectivity index (χ4v) is 3.16. The van der Waals surface area contributed by atoms with Crippen LogP contribution in [-0.2, 0) is 27.5 Å². The van der Waals surface area contributed by atoms with Gasteiger partial charge in [0.2, 0.25) is 0 Å². The Kier molecular flexibility index (Phi) is 6.01. The van der Waals surface area contributed by atoms with E-state index in [1.165, 1.54) is 0 Å². The number of methoxy groups -OCH3 is 1. The predicted molar refractivity (Wildman–Crippen MR) is 88.5 cm³/mol. The molecular weight excluding hydrogens is 368 g/mol. The van der Waals surface area contributed by atoms with Crippen molar-refractivity contribution in [3.05, 3.63) is 46.0 Å². The summed E-state index contributed by atoms with van der Waals surface area (Å²) in [4.78, 5) is 12.5. The van der Waals surface area contributed by atoms with Crippen molar-refractivity contribution in [1.29, 1.82) is 0 Å². The van der Waals surface area contributed by atoms with Gasteiger partial charge in [0.15, 0.2) is 23.3 Å². The SMILES string of the molecule is COCc1c(F)c(F)c(COC(=O)C2(C=C(C)CO)CC2(C)C)c(F)c1F. The van der Waals surface area contributed by atoms with E-state index in [1.807, 2.05) is 0 Å². The third kappa shape index (κ3) is 3.73. The minimum absolute atomic E-state index is 0.258. The van der Waals surface area contributed by atoms with E-state index in [2.05, 4.69) is 4.74 Å². The number of hydrogen-bond donors (Lipinski definition) is 1. The zero-order valence-electron chi connectivity index (χ0n) is 15.6. The molecule has 1 N–H and O–H groups in total. The maximum atomic E-state index is 14.1. The number of halogens is 4. The normalized spacial score (nSPS) is 21.3. The number of benzene rings is 1. The first-order valence-electron chi connectivity index (χ1n) is 8.31. The molecule has 8 heteroatoms. The molecule has 0 spiro atoms. The molecule has 2 rings (SSSR count). The number of esters is 1. The maximum absolute atomic E-state index is 14.1. The second-order valence-electron chi connectivity index (χ2n) is 7.40. The molecule has 1 unspecified atom stereocenters. The largest absolute Gasteiger partial charge is 0.460 e. The van der Waals surface area contributed by atoms with Crippen molar-refractivity contribution in [2.75, 3.05) is 13.7 Å². The summed E-state index contributed by atoms with van der Waals surface area (Å²) in [7, 11) is 1.13. The average molecular weight is 390 g/mol. The molecule has 0 heterocycles. The number of aliphatic hydroxyl groups is 1. The molecule has 1 aromatic rings. The van der Waals surface area contributed by atoms with Gasteiger partial charge < -0.3 is 14.6 Å². The molecule has 1 aliphatic rings. The molecule has 1 atom stereocenters. The van der Waals surface area contributed by atoms with Crippen LogP contribution in [0.1, 0.15) is 38.3 Å². The van der Waals surface area contributed by atoms with Gasteiger partial charge in [-0.15, -0.1) is 0 Å². The molecule has 27 heavy (non-hydrogen) atoms. The molecule has 0 bridgehead atoms. The van der Waals surface area contributed by atoms with E-state index >= 15 is 0 Å². The first-order chi connectivity index (χ1) is 12.5. The standard InChI is InChI=1S/C19H22F4O4/c1-10(6-24)5-19(9-18(19,2)3)17(25)27-8-12-15(22)13(20)11(7-26-4)14(21)16(12)23/h5,24H,6-9H2,1-4H3. The topological polar surface area (TPSA) is 55.8 Å². The highest BCUT2D eigenvalue weighted by Gasteiger charge is 2.66. The van der Waals surface area contributed by atoms with Crippen LogP contribution in [0.2, 0.25) is 0 Å². The Morgan fingerprint density at radius 1 is 1.07 bits per heavy atom. The molecule has 4 nitrogen and oxygen atoms in total. The van der Waals surface area contributed by atoms with E-state index in [4.69, 9.17) is 4.74 Å². The minimum atomic E-state index is -1.63. The van der Waals surface area contributed by atoms with Crippen LogP contribution in [0.3, 0.4) is 0 Å². The summed E-state index contributed by atoms with van der Waals surface area (Å²) in [5, 5.41) is 9.18. The predicted octanol–water partition coefficient (Wildman–Crippen LogP) is 3.79. The van der Waals surface area contributed by atoms with Crippen LogP contribution in [0.4, 0.5) is 17.6 Å². The Labute approximate surface area is 154 Å². The Bertz CT molecular complexity index is 759. The Hall–Kier alpha value is -1.93.